The quantitative estimate of drug-likeness (QED) is 0.410. The number of nitrogens with one attached hydrogen (secondary N) is 2. The number of methoxy groups -OCH3 is 1. The first-order chi connectivity index (χ1) is 15.1. The molecule has 32 heavy (non-hydrogen) atoms. The second kappa shape index (κ2) is 11.1. The highest BCUT2D eigenvalue weighted by atomic mass is 19.1. The first-order valence-corrected chi connectivity index (χ1v) is 10.1. The van der Waals surface area contributed by atoms with E-state index in [2.05, 4.69) is 5.32 Å². The summed E-state index contributed by atoms with van der Waals surface area (Å²) in [4.78, 5) is 26.5. The zero-order chi connectivity index (χ0) is 23.8. The molecule has 0 bridgehead atoms. The Balaban J connectivity index is 2.22. The summed E-state index contributed by atoms with van der Waals surface area (Å²) in [6.07, 6.45) is 3.13. The average Bonchev–Trinajstić information content (AvgIpc) is 2.75. The Labute approximate surface area is 187 Å². The highest BCUT2D eigenvalue weighted by Gasteiger charge is 2.21. The van der Waals surface area contributed by atoms with Gasteiger partial charge in [-0.1, -0.05) is 32.1 Å². The van der Waals surface area contributed by atoms with Crippen LogP contribution in [0, 0.1) is 17.1 Å². The minimum Gasteiger partial charge on any atom is -0.495 e. The maximum atomic E-state index is 13.1. The number of benzene rings is 2. The molecule has 0 aliphatic carbocycles. The SMILES string of the molecule is COc1c(C(=O)NCC(=O)N(C)CC(C)C)ccc(N)c1C(=N)/C=C/c1ccc(F)cc1. The summed E-state index contributed by atoms with van der Waals surface area (Å²) in [6, 6.07) is 8.81. The number of allylic oxidation sites excluding steroid dienone is 1. The van der Waals surface area contributed by atoms with E-state index in [1.165, 1.54) is 37.5 Å². The number of carbonyl (C=O) groups is 2. The molecule has 2 aromatic carbocycles. The van der Waals surface area contributed by atoms with Crippen molar-refractivity contribution in [3.05, 3.63) is 65.0 Å². The van der Waals surface area contributed by atoms with Crippen molar-refractivity contribution in [1.29, 1.82) is 5.41 Å². The van der Waals surface area contributed by atoms with Crippen molar-refractivity contribution < 1.29 is 18.7 Å². The van der Waals surface area contributed by atoms with Crippen LogP contribution in [0.4, 0.5) is 10.1 Å². The summed E-state index contributed by atoms with van der Waals surface area (Å²) in [7, 11) is 3.07. The van der Waals surface area contributed by atoms with Crippen LogP contribution in [0.2, 0.25) is 0 Å². The van der Waals surface area contributed by atoms with E-state index in [4.69, 9.17) is 15.9 Å². The van der Waals surface area contributed by atoms with Crippen molar-refractivity contribution in [2.75, 3.05) is 33.0 Å². The van der Waals surface area contributed by atoms with Crippen molar-refractivity contribution in [1.82, 2.24) is 10.2 Å². The van der Waals surface area contributed by atoms with E-state index >= 15 is 0 Å². The minimum absolute atomic E-state index is 0.0195. The van der Waals surface area contributed by atoms with Crippen molar-refractivity contribution in [3.63, 3.8) is 0 Å². The molecule has 0 spiro atoms. The van der Waals surface area contributed by atoms with Gasteiger partial charge in [-0.15, -0.1) is 0 Å². The Morgan fingerprint density at radius 3 is 2.47 bits per heavy atom. The highest BCUT2D eigenvalue weighted by Crippen LogP contribution is 2.30. The molecule has 0 aromatic heterocycles. The van der Waals surface area contributed by atoms with Crippen molar-refractivity contribution >= 4 is 29.3 Å². The first kappa shape index (κ1) is 24.6. The standard InChI is InChI=1S/C24H29FN4O3/c1-15(2)14-29(3)21(30)13-28-24(31)18-10-12-20(27)22(23(18)32-4)19(26)11-7-16-5-8-17(25)9-6-16/h5-12,15,26H,13-14,27H2,1-4H3,(H,28,31)/b11-7+,26-19?. The van der Waals surface area contributed by atoms with Crippen LogP contribution in [0.1, 0.15) is 35.3 Å². The summed E-state index contributed by atoms with van der Waals surface area (Å²) in [5.74, 6) is -0.621. The molecular weight excluding hydrogens is 411 g/mol. The van der Waals surface area contributed by atoms with E-state index in [1.54, 1.807) is 30.2 Å². The number of nitrogen functional groups attached to an aromatic ring is 1. The monoisotopic (exact) mass is 440 g/mol. The number of hydrogen-bond acceptors (Lipinski definition) is 5. The topological polar surface area (TPSA) is 109 Å². The Morgan fingerprint density at radius 1 is 1.22 bits per heavy atom. The summed E-state index contributed by atoms with van der Waals surface area (Å²) >= 11 is 0. The number of nitrogens with two attached hydrogens (primary N) is 1. The third kappa shape index (κ3) is 6.41. The Hall–Kier alpha value is -3.68. The summed E-state index contributed by atoms with van der Waals surface area (Å²) in [5.41, 5.74) is 7.47. The molecule has 0 atom stereocenters. The van der Waals surface area contributed by atoms with Crippen LogP contribution < -0.4 is 15.8 Å². The van der Waals surface area contributed by atoms with Gasteiger partial charge < -0.3 is 26.1 Å². The van der Waals surface area contributed by atoms with Gasteiger partial charge in [0.1, 0.15) is 11.6 Å². The first-order valence-electron chi connectivity index (χ1n) is 10.1. The fourth-order valence-corrected chi connectivity index (χ4v) is 3.14. The zero-order valence-corrected chi connectivity index (χ0v) is 18.7. The number of amides is 2. The van der Waals surface area contributed by atoms with Gasteiger partial charge in [-0.05, 0) is 41.8 Å². The van der Waals surface area contributed by atoms with Crippen LogP contribution in [0.15, 0.2) is 42.5 Å². The molecular formula is C24H29FN4O3. The number of rotatable bonds is 9. The molecule has 0 unspecified atom stereocenters. The molecule has 0 heterocycles. The van der Waals surface area contributed by atoms with E-state index in [1.807, 2.05) is 13.8 Å². The van der Waals surface area contributed by atoms with Gasteiger partial charge in [0, 0.05) is 19.3 Å². The molecule has 2 aromatic rings. The van der Waals surface area contributed by atoms with E-state index < -0.39 is 5.91 Å². The molecule has 2 rings (SSSR count). The van der Waals surface area contributed by atoms with Crippen molar-refractivity contribution in [3.8, 4) is 5.75 Å². The molecule has 4 N–H and O–H groups in total. The maximum Gasteiger partial charge on any atom is 0.255 e. The lowest BCUT2D eigenvalue weighted by Crippen LogP contribution is -2.39. The molecule has 0 saturated carbocycles. The second-order valence-corrected chi connectivity index (χ2v) is 7.76. The minimum atomic E-state index is -0.510. The third-order valence-electron chi connectivity index (χ3n) is 4.69. The third-order valence-corrected chi connectivity index (χ3v) is 4.69. The number of anilines is 1. The number of nitrogens with zero attached hydrogens (tertiary/aromatic N) is 1. The fourth-order valence-electron chi connectivity index (χ4n) is 3.14. The van der Waals surface area contributed by atoms with Crippen LogP contribution in [-0.2, 0) is 4.79 Å². The highest BCUT2D eigenvalue weighted by molar-refractivity contribution is 6.16. The van der Waals surface area contributed by atoms with Gasteiger partial charge in [0.05, 0.1) is 30.5 Å². The Bertz CT molecular complexity index is 1020. The zero-order valence-electron chi connectivity index (χ0n) is 18.7. The van der Waals surface area contributed by atoms with Crippen LogP contribution >= 0.6 is 0 Å². The van der Waals surface area contributed by atoms with Crippen LogP contribution in [-0.4, -0.2) is 49.7 Å². The molecule has 0 fully saturated rings. The van der Waals surface area contributed by atoms with Crippen LogP contribution in [0.5, 0.6) is 5.75 Å². The van der Waals surface area contributed by atoms with E-state index in [-0.39, 0.29) is 46.5 Å². The lowest BCUT2D eigenvalue weighted by molar-refractivity contribution is -0.129. The largest absolute Gasteiger partial charge is 0.495 e. The predicted molar refractivity (Wildman–Crippen MR) is 124 cm³/mol. The van der Waals surface area contributed by atoms with Crippen molar-refractivity contribution in [2.45, 2.75) is 13.8 Å². The molecule has 0 saturated heterocycles. The molecule has 0 aliphatic rings. The van der Waals surface area contributed by atoms with Gasteiger partial charge in [-0.3, -0.25) is 9.59 Å². The van der Waals surface area contributed by atoms with Gasteiger partial charge in [0.15, 0.2) is 0 Å². The van der Waals surface area contributed by atoms with Gasteiger partial charge in [0.2, 0.25) is 5.91 Å². The molecule has 0 aliphatic heterocycles. The van der Waals surface area contributed by atoms with Gasteiger partial charge in [0.25, 0.3) is 5.91 Å². The molecule has 170 valence electrons. The smallest absolute Gasteiger partial charge is 0.255 e. The lowest BCUT2D eigenvalue weighted by Gasteiger charge is -2.20. The van der Waals surface area contributed by atoms with E-state index in [9.17, 15) is 14.0 Å². The van der Waals surface area contributed by atoms with Gasteiger partial charge in [-0.25, -0.2) is 4.39 Å². The van der Waals surface area contributed by atoms with Gasteiger partial charge >= 0.3 is 0 Å². The maximum absolute atomic E-state index is 13.1. The average molecular weight is 441 g/mol. The van der Waals surface area contributed by atoms with Crippen LogP contribution in [0.25, 0.3) is 6.08 Å². The molecule has 2 amide bonds. The lowest BCUT2D eigenvalue weighted by atomic mass is 10.0. The summed E-state index contributed by atoms with van der Waals surface area (Å²) in [5, 5.41) is 11.0. The molecule has 7 nitrogen and oxygen atoms in total. The number of ether oxygens (including phenoxy) is 1. The number of likely N-dealkylation sites (N-methyl/N-ethyl adjacent to an activating group) is 1. The number of halogens is 1. The summed E-state index contributed by atoms with van der Waals surface area (Å²) in [6.45, 7) is 4.43. The predicted octanol–water partition coefficient (Wildman–Crippen LogP) is 3.34. The number of hydrogen-bond donors (Lipinski definition) is 3. The molecule has 0 radical (unpaired) electrons. The fraction of sp³-hybridized carbons (Fsp3) is 0.292. The van der Waals surface area contributed by atoms with Crippen molar-refractivity contribution in [2.24, 2.45) is 5.92 Å². The number of carbonyl (C=O) groups excluding carboxylic acids is 2. The molecule has 8 heteroatoms. The normalized spacial score (nSPS) is 10.9. The van der Waals surface area contributed by atoms with E-state index in [0.29, 0.717) is 18.0 Å². The van der Waals surface area contributed by atoms with Gasteiger partial charge in [-0.2, -0.15) is 0 Å². The Kier molecular flexibility index (Phi) is 8.52. The summed E-state index contributed by atoms with van der Waals surface area (Å²) < 4.78 is 18.5. The Morgan fingerprint density at radius 2 is 1.88 bits per heavy atom. The second-order valence-electron chi connectivity index (χ2n) is 7.76. The van der Waals surface area contributed by atoms with Crippen LogP contribution in [0.3, 0.4) is 0 Å². The van der Waals surface area contributed by atoms with E-state index in [0.717, 1.165) is 0 Å².